The molecule has 0 radical (unpaired) electrons. The van der Waals surface area contributed by atoms with E-state index in [1.807, 2.05) is 12.1 Å². The average Bonchev–Trinajstić information content (AvgIpc) is 3.09. The zero-order valence-electron chi connectivity index (χ0n) is 14.6. The molecule has 0 amide bonds. The number of anilines is 1. The number of amidine groups is 1. The Morgan fingerprint density at radius 2 is 2.12 bits per heavy atom. The average molecular weight is 357 g/mol. The molecule has 5 N–H and O–H groups in total. The first-order chi connectivity index (χ1) is 12.1. The van der Waals surface area contributed by atoms with Crippen LogP contribution >= 0.6 is 11.3 Å². The van der Waals surface area contributed by atoms with Crippen molar-refractivity contribution < 1.29 is 0 Å². The number of hydrogen-bond acceptors (Lipinski definition) is 7. The molecular weight excluding hydrogens is 334 g/mol. The molecule has 8 heteroatoms. The van der Waals surface area contributed by atoms with E-state index in [-0.39, 0.29) is 0 Å². The third kappa shape index (κ3) is 3.65. The molecule has 0 spiro atoms. The number of aromatic nitrogens is 1. The first-order valence-electron chi connectivity index (χ1n) is 8.04. The molecule has 3 rings (SSSR count). The summed E-state index contributed by atoms with van der Waals surface area (Å²) in [5, 5.41) is 11.6. The SMILES string of the molecule is CNN/C(=N\N)c1ccc2c(c1)nc(NCCN(C)C)c1ccsc12. The number of likely N-dealkylation sites (N-methyl/N-ethyl adjacent to an activating group) is 1. The van der Waals surface area contributed by atoms with Crippen LogP contribution in [-0.2, 0) is 0 Å². The second-order valence-electron chi connectivity index (χ2n) is 5.94. The van der Waals surface area contributed by atoms with Gasteiger partial charge in [-0.15, -0.1) is 11.3 Å². The molecule has 0 aliphatic rings. The summed E-state index contributed by atoms with van der Waals surface area (Å²) in [6.45, 7) is 1.79. The summed E-state index contributed by atoms with van der Waals surface area (Å²) in [7, 11) is 5.89. The lowest BCUT2D eigenvalue weighted by Crippen LogP contribution is -2.35. The number of pyridine rings is 1. The number of benzene rings is 1. The Balaban J connectivity index is 2.05. The normalized spacial score (nSPS) is 12.2. The van der Waals surface area contributed by atoms with Crippen molar-refractivity contribution in [3.63, 3.8) is 0 Å². The predicted molar refractivity (Wildman–Crippen MR) is 107 cm³/mol. The van der Waals surface area contributed by atoms with E-state index in [1.54, 1.807) is 18.4 Å². The molecule has 0 saturated heterocycles. The highest BCUT2D eigenvalue weighted by Crippen LogP contribution is 2.33. The minimum atomic E-state index is 0.569. The fraction of sp³-hybridized carbons (Fsp3) is 0.294. The zero-order valence-corrected chi connectivity index (χ0v) is 15.4. The lowest BCUT2D eigenvalue weighted by atomic mass is 10.1. The number of thiophene rings is 1. The minimum absolute atomic E-state index is 0.569. The van der Waals surface area contributed by atoms with Gasteiger partial charge in [-0.3, -0.25) is 0 Å². The van der Waals surface area contributed by atoms with E-state index in [0.717, 1.165) is 40.8 Å². The molecule has 0 unspecified atom stereocenters. The quantitative estimate of drug-likeness (QED) is 0.233. The Morgan fingerprint density at radius 1 is 1.28 bits per heavy atom. The van der Waals surface area contributed by atoms with Crippen molar-refractivity contribution in [1.29, 1.82) is 0 Å². The van der Waals surface area contributed by atoms with Crippen molar-refractivity contribution in [2.45, 2.75) is 0 Å². The van der Waals surface area contributed by atoms with Crippen LogP contribution in [0.15, 0.2) is 34.7 Å². The summed E-state index contributed by atoms with van der Waals surface area (Å²) in [5.41, 5.74) is 7.58. The smallest absolute Gasteiger partial charge is 0.167 e. The number of hydrazone groups is 1. The number of nitrogens with one attached hydrogen (secondary N) is 3. The van der Waals surface area contributed by atoms with Gasteiger partial charge in [0.1, 0.15) is 5.82 Å². The molecule has 0 atom stereocenters. The van der Waals surface area contributed by atoms with Gasteiger partial charge in [-0.2, -0.15) is 5.10 Å². The predicted octanol–water partition coefficient (Wildman–Crippen LogP) is 1.77. The fourth-order valence-corrected chi connectivity index (χ4v) is 3.61. The van der Waals surface area contributed by atoms with Crippen LogP contribution in [-0.4, -0.2) is 50.0 Å². The van der Waals surface area contributed by atoms with Crippen LogP contribution in [0.5, 0.6) is 0 Å². The maximum Gasteiger partial charge on any atom is 0.167 e. The number of nitrogens with zero attached hydrogens (tertiary/aromatic N) is 3. The van der Waals surface area contributed by atoms with Crippen LogP contribution in [0.4, 0.5) is 5.82 Å². The van der Waals surface area contributed by atoms with Crippen molar-refractivity contribution in [3.8, 4) is 0 Å². The first kappa shape index (κ1) is 17.4. The molecule has 7 nitrogen and oxygen atoms in total. The third-order valence-electron chi connectivity index (χ3n) is 3.89. The lowest BCUT2D eigenvalue weighted by Gasteiger charge is -2.13. The summed E-state index contributed by atoms with van der Waals surface area (Å²) in [6.07, 6.45) is 0. The van der Waals surface area contributed by atoms with Gasteiger partial charge in [0.2, 0.25) is 0 Å². The van der Waals surface area contributed by atoms with Crippen LogP contribution in [0.1, 0.15) is 5.56 Å². The molecule has 0 aliphatic heterocycles. The van der Waals surface area contributed by atoms with E-state index >= 15 is 0 Å². The molecule has 0 fully saturated rings. The van der Waals surface area contributed by atoms with Gasteiger partial charge in [-0.25, -0.2) is 10.4 Å². The highest BCUT2D eigenvalue weighted by molar-refractivity contribution is 7.18. The van der Waals surface area contributed by atoms with Crippen LogP contribution in [0.3, 0.4) is 0 Å². The Hall–Kier alpha value is -2.42. The summed E-state index contributed by atoms with van der Waals surface area (Å²) in [6, 6.07) is 8.19. The minimum Gasteiger partial charge on any atom is -0.368 e. The fourth-order valence-electron chi connectivity index (χ4n) is 2.68. The first-order valence-corrected chi connectivity index (χ1v) is 8.92. The molecular formula is C17H23N7S. The molecule has 0 bridgehead atoms. The molecule has 2 aromatic heterocycles. The highest BCUT2D eigenvalue weighted by atomic mass is 32.1. The van der Waals surface area contributed by atoms with Gasteiger partial charge in [0.25, 0.3) is 0 Å². The van der Waals surface area contributed by atoms with Crippen LogP contribution in [0, 0.1) is 0 Å². The second-order valence-corrected chi connectivity index (χ2v) is 6.85. The van der Waals surface area contributed by atoms with Crippen molar-refractivity contribution in [2.24, 2.45) is 10.9 Å². The Bertz CT molecular complexity index is 901. The van der Waals surface area contributed by atoms with E-state index in [4.69, 9.17) is 10.8 Å². The van der Waals surface area contributed by atoms with E-state index in [0.29, 0.717) is 5.84 Å². The maximum absolute atomic E-state index is 5.48. The molecule has 2 heterocycles. The van der Waals surface area contributed by atoms with Gasteiger partial charge < -0.3 is 21.5 Å². The second kappa shape index (κ2) is 7.64. The van der Waals surface area contributed by atoms with Crippen molar-refractivity contribution in [2.75, 3.05) is 39.5 Å². The van der Waals surface area contributed by atoms with Crippen molar-refractivity contribution in [3.05, 3.63) is 35.2 Å². The Kier molecular flexibility index (Phi) is 5.32. The number of nitrogens with two attached hydrogens (primary N) is 1. The van der Waals surface area contributed by atoms with Gasteiger partial charge in [-0.1, -0.05) is 12.1 Å². The van der Waals surface area contributed by atoms with E-state index < -0.39 is 0 Å². The van der Waals surface area contributed by atoms with Gasteiger partial charge in [0.05, 0.1) is 5.52 Å². The summed E-state index contributed by atoms with van der Waals surface area (Å²) >= 11 is 1.73. The van der Waals surface area contributed by atoms with Crippen molar-refractivity contribution >= 4 is 44.0 Å². The highest BCUT2D eigenvalue weighted by Gasteiger charge is 2.11. The van der Waals surface area contributed by atoms with Crippen molar-refractivity contribution in [1.82, 2.24) is 20.7 Å². The van der Waals surface area contributed by atoms with Gasteiger partial charge in [0.15, 0.2) is 5.84 Å². The Morgan fingerprint density at radius 3 is 2.84 bits per heavy atom. The standard InChI is InChI=1S/C17H23N7S/c1-19-23-16(22-18)11-4-5-12-14(10-11)21-17(20-7-8-24(2)3)13-6-9-25-15(12)13/h4-6,9-10,19H,7-8,18H2,1-3H3,(H,20,21)(H,22,23). The summed E-state index contributed by atoms with van der Waals surface area (Å²) in [4.78, 5) is 6.99. The molecule has 132 valence electrons. The van der Waals surface area contributed by atoms with E-state index in [1.165, 1.54) is 4.70 Å². The molecule has 3 aromatic rings. The number of fused-ring (bicyclic) bond motifs is 3. The summed E-state index contributed by atoms with van der Waals surface area (Å²) < 4.78 is 1.23. The number of hydrogen-bond donors (Lipinski definition) is 4. The van der Waals surface area contributed by atoms with Crippen LogP contribution in [0.25, 0.3) is 21.0 Å². The van der Waals surface area contributed by atoms with Gasteiger partial charge in [-0.05, 0) is 31.6 Å². The number of hydrazine groups is 1. The topological polar surface area (TPSA) is 90.6 Å². The van der Waals surface area contributed by atoms with Gasteiger partial charge >= 0.3 is 0 Å². The lowest BCUT2D eigenvalue weighted by molar-refractivity contribution is 0.425. The van der Waals surface area contributed by atoms with Crippen LogP contribution in [0.2, 0.25) is 0 Å². The van der Waals surface area contributed by atoms with Gasteiger partial charge in [0, 0.05) is 41.2 Å². The molecule has 0 aliphatic carbocycles. The molecule has 0 saturated carbocycles. The summed E-state index contributed by atoms with van der Waals surface area (Å²) in [5.74, 6) is 6.96. The van der Waals surface area contributed by atoms with E-state index in [9.17, 15) is 0 Å². The maximum atomic E-state index is 5.48. The zero-order chi connectivity index (χ0) is 17.8. The number of rotatable bonds is 6. The molecule has 25 heavy (non-hydrogen) atoms. The third-order valence-corrected chi connectivity index (χ3v) is 4.84. The Labute approximate surface area is 150 Å². The monoisotopic (exact) mass is 357 g/mol. The van der Waals surface area contributed by atoms with Crippen LogP contribution < -0.4 is 22.0 Å². The van der Waals surface area contributed by atoms with E-state index in [2.05, 4.69) is 57.8 Å². The molecule has 1 aromatic carbocycles. The largest absolute Gasteiger partial charge is 0.368 e.